The Kier molecular flexibility index (Phi) is 12.0. The number of benzene rings is 5. The molecular weight excluding hydrogens is 594 g/mol. The normalized spacial score (nSPS) is 11.7. The summed E-state index contributed by atoms with van der Waals surface area (Å²) in [6.45, 7) is 15.3. The van der Waals surface area contributed by atoms with Crippen LogP contribution in [0.15, 0.2) is 121 Å². The van der Waals surface area contributed by atoms with Crippen LogP contribution in [-0.2, 0) is 19.3 Å². The minimum atomic E-state index is 0.463. The molecule has 5 aromatic rings. The zero-order valence-corrected chi connectivity index (χ0v) is 29.5. The minimum Gasteiger partial charge on any atom is -0.372 e. The molecule has 0 N–H and O–H groups in total. The van der Waals surface area contributed by atoms with Crippen LogP contribution >= 0.6 is 11.6 Å². The molecule has 5 aromatic carbocycles. The van der Waals surface area contributed by atoms with Gasteiger partial charge in [0.05, 0.1) is 0 Å². The molecule has 0 fully saturated rings. The van der Waals surface area contributed by atoms with Gasteiger partial charge in [0.1, 0.15) is 0 Å². The van der Waals surface area contributed by atoms with Crippen LogP contribution in [0.1, 0.15) is 62.8 Å². The van der Waals surface area contributed by atoms with E-state index in [4.69, 9.17) is 11.6 Å². The van der Waals surface area contributed by atoms with E-state index in [1.807, 2.05) is 12.1 Å². The summed E-state index contributed by atoms with van der Waals surface area (Å²) in [5.41, 5.74) is 11.5. The molecule has 0 amide bonds. The molecule has 0 bridgehead atoms. The van der Waals surface area contributed by atoms with Gasteiger partial charge in [-0.3, -0.25) is 0 Å². The maximum Gasteiger partial charge on any atom is 0.0462 e. The van der Waals surface area contributed by atoms with Gasteiger partial charge in [-0.1, -0.05) is 79.2 Å². The molecule has 0 aromatic heterocycles. The lowest BCUT2D eigenvalue weighted by Crippen LogP contribution is -2.25. The Morgan fingerprint density at radius 3 is 1.60 bits per heavy atom. The highest BCUT2D eigenvalue weighted by molar-refractivity contribution is 6.30. The second-order valence-electron chi connectivity index (χ2n) is 12.3. The third-order valence-electron chi connectivity index (χ3n) is 9.37. The predicted octanol–water partition coefficient (Wildman–Crippen LogP) is 11.6. The summed E-state index contributed by atoms with van der Waals surface area (Å²) >= 11 is 6.30. The summed E-state index contributed by atoms with van der Waals surface area (Å²) in [4.78, 5) is 7.23. The smallest absolute Gasteiger partial charge is 0.0462 e. The number of nitrogens with zero attached hydrogens (tertiary/aromatic N) is 3. The fourth-order valence-corrected chi connectivity index (χ4v) is 6.70. The minimum absolute atomic E-state index is 0.463. The Morgan fingerprint density at radius 1 is 0.532 bits per heavy atom. The third-order valence-corrected chi connectivity index (χ3v) is 9.62. The topological polar surface area (TPSA) is 9.72 Å². The average molecular weight is 644 g/mol. The first kappa shape index (κ1) is 34.1. The van der Waals surface area contributed by atoms with E-state index in [1.54, 1.807) is 0 Å². The van der Waals surface area contributed by atoms with E-state index in [0.717, 1.165) is 67.5 Å². The molecule has 0 spiro atoms. The highest BCUT2D eigenvalue weighted by Crippen LogP contribution is 2.36. The average Bonchev–Trinajstić information content (AvgIpc) is 3.11. The first-order valence-electron chi connectivity index (χ1n) is 17.3. The molecule has 47 heavy (non-hydrogen) atoms. The molecule has 0 aliphatic carbocycles. The van der Waals surface area contributed by atoms with E-state index < -0.39 is 0 Å². The van der Waals surface area contributed by atoms with Crippen molar-refractivity contribution in [3.63, 3.8) is 0 Å². The Labute approximate surface area is 288 Å². The fourth-order valence-electron chi connectivity index (χ4n) is 6.57. The van der Waals surface area contributed by atoms with E-state index >= 15 is 0 Å². The van der Waals surface area contributed by atoms with Crippen molar-refractivity contribution in [3.05, 3.63) is 149 Å². The number of aryl methyl sites for hydroxylation is 2. The van der Waals surface area contributed by atoms with Gasteiger partial charge >= 0.3 is 0 Å². The molecule has 0 saturated heterocycles. The monoisotopic (exact) mass is 643 g/mol. The SMILES string of the molecule is CCN(CC)c1ccc(CCc2ccc(N(c3ccc(Cl)cc3)c3ccc(CC(C)c4ccccc4)cc3)cc2)c(N(CC)CC)c1. The number of hydrogen-bond donors (Lipinski definition) is 0. The number of hydrogen-bond acceptors (Lipinski definition) is 3. The Hall–Kier alpha value is -4.21. The molecule has 244 valence electrons. The van der Waals surface area contributed by atoms with Crippen LogP contribution in [-0.4, -0.2) is 26.2 Å². The molecule has 0 aliphatic heterocycles. The van der Waals surface area contributed by atoms with Crippen LogP contribution in [0.3, 0.4) is 0 Å². The van der Waals surface area contributed by atoms with Gasteiger partial charge in [-0.25, -0.2) is 0 Å². The third kappa shape index (κ3) is 8.58. The summed E-state index contributed by atoms with van der Waals surface area (Å²) < 4.78 is 0. The lowest BCUT2D eigenvalue weighted by atomic mass is 9.94. The van der Waals surface area contributed by atoms with E-state index in [0.29, 0.717) is 5.92 Å². The molecule has 0 aliphatic rings. The maximum absolute atomic E-state index is 6.30. The molecule has 0 radical (unpaired) electrons. The number of halogens is 1. The summed E-state index contributed by atoms with van der Waals surface area (Å²) in [5, 5.41) is 0.739. The van der Waals surface area contributed by atoms with Gasteiger partial charge in [-0.2, -0.15) is 0 Å². The van der Waals surface area contributed by atoms with E-state index in [1.165, 1.54) is 33.6 Å². The standard InChI is InChI=1S/C43H50ClN3/c1-6-45(7-2)42-28-21-37(43(32-42)46(8-3)9-4)20-15-34-16-24-39(25-17-34)47(41-29-22-38(44)23-30-41)40-26-18-35(19-27-40)31-33(5)36-13-11-10-12-14-36/h10-14,16-19,21-30,32-33H,6-9,15,20,31H2,1-5H3. The van der Waals surface area contributed by atoms with Crippen molar-refractivity contribution in [1.29, 1.82) is 0 Å². The summed E-state index contributed by atoms with van der Waals surface area (Å²) in [6.07, 6.45) is 3.01. The van der Waals surface area contributed by atoms with Crippen LogP contribution in [0.4, 0.5) is 28.4 Å². The lowest BCUT2D eigenvalue weighted by Gasteiger charge is -2.28. The van der Waals surface area contributed by atoms with Crippen molar-refractivity contribution in [3.8, 4) is 0 Å². The van der Waals surface area contributed by atoms with Gasteiger partial charge in [0.2, 0.25) is 0 Å². The number of rotatable bonds is 15. The number of anilines is 5. The van der Waals surface area contributed by atoms with Crippen molar-refractivity contribution in [2.24, 2.45) is 0 Å². The molecule has 0 saturated carbocycles. The van der Waals surface area contributed by atoms with Crippen LogP contribution in [0.5, 0.6) is 0 Å². The van der Waals surface area contributed by atoms with E-state index in [2.05, 4.69) is 159 Å². The maximum atomic E-state index is 6.30. The highest BCUT2D eigenvalue weighted by Gasteiger charge is 2.15. The van der Waals surface area contributed by atoms with Crippen LogP contribution in [0, 0.1) is 0 Å². The largest absolute Gasteiger partial charge is 0.372 e. The Bertz CT molecular complexity index is 1660. The fraction of sp³-hybridized carbons (Fsp3) is 0.302. The second kappa shape index (κ2) is 16.6. The molecule has 3 nitrogen and oxygen atoms in total. The van der Waals surface area contributed by atoms with Gasteiger partial charge < -0.3 is 14.7 Å². The van der Waals surface area contributed by atoms with Crippen LogP contribution < -0.4 is 14.7 Å². The first-order chi connectivity index (χ1) is 22.9. The van der Waals surface area contributed by atoms with Crippen molar-refractivity contribution in [2.45, 2.75) is 59.8 Å². The molecule has 1 atom stereocenters. The van der Waals surface area contributed by atoms with Crippen LogP contribution in [0.25, 0.3) is 0 Å². The lowest BCUT2D eigenvalue weighted by molar-refractivity contribution is 0.759. The van der Waals surface area contributed by atoms with Crippen LogP contribution in [0.2, 0.25) is 5.02 Å². The van der Waals surface area contributed by atoms with Gasteiger partial charge in [0, 0.05) is 59.6 Å². The first-order valence-corrected chi connectivity index (χ1v) is 17.7. The summed E-state index contributed by atoms with van der Waals surface area (Å²) in [7, 11) is 0. The zero-order valence-electron chi connectivity index (χ0n) is 28.8. The second-order valence-corrected chi connectivity index (χ2v) is 12.8. The summed E-state index contributed by atoms with van der Waals surface area (Å²) in [5.74, 6) is 0.463. The van der Waals surface area contributed by atoms with Crippen molar-refractivity contribution in [1.82, 2.24) is 0 Å². The van der Waals surface area contributed by atoms with Gasteiger partial charge in [-0.05, 0) is 136 Å². The van der Waals surface area contributed by atoms with E-state index in [-0.39, 0.29) is 0 Å². The Morgan fingerprint density at radius 2 is 1.04 bits per heavy atom. The highest BCUT2D eigenvalue weighted by atomic mass is 35.5. The molecule has 5 rings (SSSR count). The quantitative estimate of drug-likeness (QED) is 0.112. The van der Waals surface area contributed by atoms with Crippen molar-refractivity contribution in [2.75, 3.05) is 40.9 Å². The molecular formula is C43H50ClN3. The van der Waals surface area contributed by atoms with Crippen molar-refractivity contribution >= 4 is 40.0 Å². The molecule has 1 unspecified atom stereocenters. The predicted molar refractivity (Wildman–Crippen MR) is 206 cm³/mol. The zero-order chi connectivity index (χ0) is 33.2. The van der Waals surface area contributed by atoms with E-state index in [9.17, 15) is 0 Å². The van der Waals surface area contributed by atoms with Crippen molar-refractivity contribution < 1.29 is 0 Å². The molecule has 4 heteroatoms. The van der Waals surface area contributed by atoms with Gasteiger partial charge in [0.25, 0.3) is 0 Å². The van der Waals surface area contributed by atoms with Gasteiger partial charge in [0.15, 0.2) is 0 Å². The molecule has 0 heterocycles. The van der Waals surface area contributed by atoms with Gasteiger partial charge in [-0.15, -0.1) is 0 Å². The summed E-state index contributed by atoms with van der Waals surface area (Å²) in [6, 6.07) is 44.0. The Balaban J connectivity index is 1.36.